The Balaban J connectivity index is 1.55. The van der Waals surface area contributed by atoms with Gasteiger partial charge in [-0.25, -0.2) is 10.1 Å². The molecule has 7 heteroatoms. The second kappa shape index (κ2) is 7.09. The highest BCUT2D eigenvalue weighted by molar-refractivity contribution is 6.32. The lowest BCUT2D eigenvalue weighted by atomic mass is 10.2. The number of fused-ring (bicyclic) bond motifs is 1. The molecule has 4 aromatic rings. The molecule has 134 valence electrons. The summed E-state index contributed by atoms with van der Waals surface area (Å²) >= 11 is 6.45. The smallest absolute Gasteiger partial charge is 0.273 e. The summed E-state index contributed by atoms with van der Waals surface area (Å²) in [5.41, 5.74) is 6.20. The summed E-state index contributed by atoms with van der Waals surface area (Å²) < 4.78 is 1.64. The first-order valence-electron chi connectivity index (χ1n) is 8.35. The van der Waals surface area contributed by atoms with E-state index in [0.717, 1.165) is 16.6 Å². The van der Waals surface area contributed by atoms with Crippen molar-refractivity contribution in [3.8, 4) is 5.69 Å². The van der Waals surface area contributed by atoms with Crippen LogP contribution in [0.25, 0.3) is 16.6 Å². The van der Waals surface area contributed by atoms with Gasteiger partial charge in [0.1, 0.15) is 5.15 Å². The number of carbonyl (C=O) groups is 1. The highest BCUT2D eigenvalue weighted by Gasteiger charge is 2.14. The zero-order valence-corrected chi connectivity index (χ0v) is 15.2. The van der Waals surface area contributed by atoms with Crippen molar-refractivity contribution in [3.05, 3.63) is 82.8 Å². The number of aromatic amines is 1. The number of nitrogens with zero attached hydrogens (tertiary/aromatic N) is 3. The normalized spacial score (nSPS) is 11.3. The standard InChI is InChI=1S/C20H16ClN5O/c1-13-16(19(21)26(25-13)14-7-3-2-4-8-14)12-23-24-20(27)17-11-22-18-10-6-5-9-15(17)18/h2-12,22H,1H3,(H,24,27). The summed E-state index contributed by atoms with van der Waals surface area (Å²) in [6.45, 7) is 1.84. The number of H-pyrrole nitrogens is 1. The van der Waals surface area contributed by atoms with Gasteiger partial charge in [0.05, 0.1) is 28.7 Å². The van der Waals surface area contributed by atoms with Gasteiger partial charge in [0.15, 0.2) is 0 Å². The Morgan fingerprint density at radius 3 is 2.74 bits per heavy atom. The molecule has 0 bridgehead atoms. The second-order valence-electron chi connectivity index (χ2n) is 5.98. The van der Waals surface area contributed by atoms with Gasteiger partial charge in [0.2, 0.25) is 0 Å². The van der Waals surface area contributed by atoms with Crippen molar-refractivity contribution >= 4 is 34.6 Å². The number of aryl methyl sites for hydroxylation is 1. The van der Waals surface area contributed by atoms with Gasteiger partial charge in [-0.3, -0.25) is 4.79 Å². The van der Waals surface area contributed by atoms with E-state index < -0.39 is 0 Å². The summed E-state index contributed by atoms with van der Waals surface area (Å²) in [5.74, 6) is -0.298. The maximum atomic E-state index is 12.4. The summed E-state index contributed by atoms with van der Waals surface area (Å²) in [4.78, 5) is 15.5. The molecule has 6 nitrogen and oxygen atoms in total. The lowest BCUT2D eigenvalue weighted by Crippen LogP contribution is -2.17. The molecule has 1 amide bonds. The number of aromatic nitrogens is 3. The first-order chi connectivity index (χ1) is 13.1. The van der Waals surface area contributed by atoms with Crippen LogP contribution >= 0.6 is 11.6 Å². The van der Waals surface area contributed by atoms with Gasteiger partial charge in [-0.15, -0.1) is 0 Å². The second-order valence-corrected chi connectivity index (χ2v) is 6.34. The zero-order chi connectivity index (χ0) is 18.8. The van der Waals surface area contributed by atoms with E-state index in [-0.39, 0.29) is 5.91 Å². The molecule has 0 aliphatic heterocycles. The van der Waals surface area contributed by atoms with Gasteiger partial charge < -0.3 is 4.98 Å². The maximum Gasteiger partial charge on any atom is 0.273 e. The Labute approximate surface area is 160 Å². The molecule has 0 spiro atoms. The van der Waals surface area contributed by atoms with Crippen molar-refractivity contribution in [2.75, 3.05) is 0 Å². The fraction of sp³-hybridized carbons (Fsp3) is 0.0500. The van der Waals surface area contributed by atoms with Crippen LogP contribution in [0.3, 0.4) is 0 Å². The third-order valence-electron chi connectivity index (χ3n) is 4.24. The molecule has 0 aliphatic carbocycles. The fourth-order valence-corrected chi connectivity index (χ4v) is 3.19. The van der Waals surface area contributed by atoms with E-state index >= 15 is 0 Å². The average molecular weight is 378 g/mol. The van der Waals surface area contributed by atoms with Crippen molar-refractivity contribution in [2.45, 2.75) is 6.92 Å². The number of carbonyl (C=O) groups excluding carboxylic acids is 1. The molecular formula is C20H16ClN5O. The highest BCUT2D eigenvalue weighted by Crippen LogP contribution is 2.22. The van der Waals surface area contributed by atoms with Crippen molar-refractivity contribution in [1.82, 2.24) is 20.2 Å². The predicted molar refractivity (Wildman–Crippen MR) is 107 cm³/mol. The molecule has 2 N–H and O–H groups in total. The summed E-state index contributed by atoms with van der Waals surface area (Å²) in [6.07, 6.45) is 3.18. The van der Waals surface area contributed by atoms with Crippen molar-refractivity contribution in [3.63, 3.8) is 0 Å². The van der Waals surface area contributed by atoms with Crippen LogP contribution < -0.4 is 5.43 Å². The van der Waals surface area contributed by atoms with E-state index in [9.17, 15) is 4.79 Å². The minimum absolute atomic E-state index is 0.298. The largest absolute Gasteiger partial charge is 0.360 e. The van der Waals surface area contributed by atoms with Crippen molar-refractivity contribution < 1.29 is 4.79 Å². The van der Waals surface area contributed by atoms with Gasteiger partial charge in [0.25, 0.3) is 5.91 Å². The van der Waals surface area contributed by atoms with Crippen LogP contribution in [-0.2, 0) is 0 Å². The number of hydrazone groups is 1. The van der Waals surface area contributed by atoms with E-state index in [0.29, 0.717) is 22.0 Å². The lowest BCUT2D eigenvalue weighted by molar-refractivity contribution is 0.0957. The van der Waals surface area contributed by atoms with Gasteiger partial charge in [0, 0.05) is 17.1 Å². The molecule has 0 saturated carbocycles. The average Bonchev–Trinajstić information content (AvgIpc) is 3.24. The Hall–Kier alpha value is -3.38. The van der Waals surface area contributed by atoms with Crippen LogP contribution in [0, 0.1) is 6.92 Å². The van der Waals surface area contributed by atoms with E-state index in [1.54, 1.807) is 10.9 Å². The van der Waals surface area contributed by atoms with Crippen LogP contribution in [0.4, 0.5) is 0 Å². The molecule has 2 aromatic carbocycles. The molecular weight excluding hydrogens is 362 g/mol. The Kier molecular flexibility index (Phi) is 4.48. The van der Waals surface area contributed by atoms with E-state index in [1.165, 1.54) is 6.21 Å². The zero-order valence-electron chi connectivity index (χ0n) is 14.5. The van der Waals surface area contributed by atoms with Crippen LogP contribution in [-0.4, -0.2) is 26.9 Å². The molecule has 2 aromatic heterocycles. The first-order valence-corrected chi connectivity index (χ1v) is 8.73. The van der Waals surface area contributed by atoms with Crippen LogP contribution in [0.5, 0.6) is 0 Å². The molecule has 4 rings (SSSR count). The van der Waals surface area contributed by atoms with Crippen LogP contribution in [0.15, 0.2) is 65.9 Å². The molecule has 0 saturated heterocycles. The molecule has 0 fully saturated rings. The Bertz CT molecular complexity index is 1140. The van der Waals surface area contributed by atoms with Crippen molar-refractivity contribution in [2.24, 2.45) is 5.10 Å². The van der Waals surface area contributed by atoms with E-state index in [2.05, 4.69) is 20.6 Å². The fourth-order valence-electron chi connectivity index (χ4n) is 2.87. The third-order valence-corrected chi connectivity index (χ3v) is 4.61. The number of hydrogen-bond donors (Lipinski definition) is 2. The molecule has 2 heterocycles. The predicted octanol–water partition coefficient (Wildman–Crippen LogP) is 4.08. The number of halogens is 1. The lowest BCUT2D eigenvalue weighted by Gasteiger charge is -2.02. The van der Waals surface area contributed by atoms with Gasteiger partial charge >= 0.3 is 0 Å². The van der Waals surface area contributed by atoms with Gasteiger partial charge in [-0.05, 0) is 25.1 Å². The van der Waals surface area contributed by atoms with E-state index in [1.807, 2.05) is 61.5 Å². The number of para-hydroxylation sites is 2. The number of hydrogen-bond acceptors (Lipinski definition) is 3. The Morgan fingerprint density at radius 1 is 1.19 bits per heavy atom. The topological polar surface area (TPSA) is 75.1 Å². The number of benzene rings is 2. The quantitative estimate of drug-likeness (QED) is 0.415. The summed E-state index contributed by atoms with van der Waals surface area (Å²) in [5, 5.41) is 9.78. The number of nitrogens with one attached hydrogen (secondary N) is 2. The van der Waals surface area contributed by atoms with Gasteiger partial charge in [-0.1, -0.05) is 48.0 Å². The van der Waals surface area contributed by atoms with Gasteiger partial charge in [-0.2, -0.15) is 10.2 Å². The van der Waals surface area contributed by atoms with Crippen molar-refractivity contribution in [1.29, 1.82) is 0 Å². The molecule has 0 unspecified atom stereocenters. The number of rotatable bonds is 4. The first kappa shape index (κ1) is 17.1. The van der Waals surface area contributed by atoms with Crippen LogP contribution in [0.1, 0.15) is 21.6 Å². The highest BCUT2D eigenvalue weighted by atomic mass is 35.5. The SMILES string of the molecule is Cc1nn(-c2ccccc2)c(Cl)c1C=NNC(=O)c1c[nH]c2ccccc12. The van der Waals surface area contributed by atoms with Crippen LogP contribution in [0.2, 0.25) is 5.15 Å². The summed E-state index contributed by atoms with van der Waals surface area (Å²) in [6, 6.07) is 17.2. The maximum absolute atomic E-state index is 12.4. The summed E-state index contributed by atoms with van der Waals surface area (Å²) in [7, 11) is 0. The molecule has 0 aliphatic rings. The molecule has 0 radical (unpaired) electrons. The minimum atomic E-state index is -0.298. The molecule has 27 heavy (non-hydrogen) atoms. The monoisotopic (exact) mass is 377 g/mol. The minimum Gasteiger partial charge on any atom is -0.360 e. The number of amides is 1. The van der Waals surface area contributed by atoms with E-state index in [4.69, 9.17) is 11.6 Å². The Morgan fingerprint density at radius 2 is 1.93 bits per heavy atom. The third kappa shape index (κ3) is 3.22. The molecule has 0 atom stereocenters.